The summed E-state index contributed by atoms with van der Waals surface area (Å²) in [7, 11) is 2.05. The molecule has 0 aliphatic carbocycles. The highest BCUT2D eigenvalue weighted by atomic mass is 35.5. The van der Waals surface area contributed by atoms with Gasteiger partial charge in [-0.3, -0.25) is 0 Å². The summed E-state index contributed by atoms with van der Waals surface area (Å²) < 4.78 is 0. The van der Waals surface area contributed by atoms with Gasteiger partial charge in [-0.2, -0.15) is 0 Å². The molecule has 2 nitrogen and oxygen atoms in total. The lowest BCUT2D eigenvalue weighted by Gasteiger charge is -2.28. The van der Waals surface area contributed by atoms with Crippen molar-refractivity contribution >= 4 is 17.3 Å². The molecule has 0 heterocycles. The van der Waals surface area contributed by atoms with Crippen molar-refractivity contribution < 1.29 is 5.11 Å². The van der Waals surface area contributed by atoms with Crippen molar-refractivity contribution in [3.05, 3.63) is 64.7 Å². The van der Waals surface area contributed by atoms with Crippen LogP contribution in [0.5, 0.6) is 0 Å². The van der Waals surface area contributed by atoms with Crippen LogP contribution in [0.4, 0.5) is 5.69 Å². The van der Waals surface area contributed by atoms with E-state index in [4.69, 9.17) is 11.6 Å². The fourth-order valence-corrected chi connectivity index (χ4v) is 2.71. The second kappa shape index (κ2) is 6.97. The van der Waals surface area contributed by atoms with Crippen LogP contribution in [0.2, 0.25) is 5.02 Å². The van der Waals surface area contributed by atoms with E-state index < -0.39 is 0 Å². The molecule has 0 radical (unpaired) electrons. The van der Waals surface area contributed by atoms with Gasteiger partial charge in [-0.25, -0.2) is 0 Å². The summed E-state index contributed by atoms with van der Waals surface area (Å²) in [5, 5.41) is 10.6. The van der Waals surface area contributed by atoms with Crippen molar-refractivity contribution in [1.82, 2.24) is 0 Å². The summed E-state index contributed by atoms with van der Waals surface area (Å²) in [5.74, 6) is 0. The minimum absolute atomic E-state index is 0.181. The first-order chi connectivity index (χ1) is 10.0. The van der Waals surface area contributed by atoms with Crippen LogP contribution < -0.4 is 4.90 Å². The number of anilines is 1. The Hall–Kier alpha value is -1.51. The Morgan fingerprint density at radius 2 is 1.71 bits per heavy atom. The second-order valence-electron chi connectivity index (χ2n) is 5.32. The zero-order valence-corrected chi connectivity index (χ0v) is 13.5. The zero-order chi connectivity index (χ0) is 15.4. The number of hydrogen-bond donors (Lipinski definition) is 1. The molecule has 0 saturated heterocycles. The number of benzene rings is 2. The van der Waals surface area contributed by atoms with Crippen molar-refractivity contribution in [3.63, 3.8) is 0 Å². The molecule has 1 N–H and O–H groups in total. The Bertz CT molecular complexity index is 582. The standard InChI is InChI=1S/C18H22ClNO/c1-4-18(21)14-9-11-15(12-10-14)20(3)13(2)16-7-5-6-8-17(16)19/h5-13,18,21H,4H2,1-3H3. The third-order valence-corrected chi connectivity index (χ3v) is 4.35. The summed E-state index contributed by atoms with van der Waals surface area (Å²) in [5.41, 5.74) is 3.17. The van der Waals surface area contributed by atoms with Gasteiger partial charge in [-0.05, 0) is 42.7 Å². The van der Waals surface area contributed by atoms with Gasteiger partial charge in [0.15, 0.2) is 0 Å². The molecule has 112 valence electrons. The minimum Gasteiger partial charge on any atom is -0.388 e. The molecule has 0 aromatic heterocycles. The van der Waals surface area contributed by atoms with Gasteiger partial charge in [0.05, 0.1) is 12.1 Å². The van der Waals surface area contributed by atoms with Crippen LogP contribution >= 0.6 is 11.6 Å². The summed E-state index contributed by atoms with van der Waals surface area (Å²) in [6.07, 6.45) is 0.343. The molecule has 2 unspecified atom stereocenters. The molecule has 0 spiro atoms. The molecule has 0 saturated carbocycles. The predicted octanol–water partition coefficient (Wildman–Crippen LogP) is 4.98. The Balaban J connectivity index is 2.20. The van der Waals surface area contributed by atoms with Gasteiger partial charge in [0.25, 0.3) is 0 Å². The lowest BCUT2D eigenvalue weighted by Crippen LogP contribution is -2.21. The summed E-state index contributed by atoms with van der Waals surface area (Å²) in [6, 6.07) is 16.2. The van der Waals surface area contributed by atoms with Crippen molar-refractivity contribution in [2.75, 3.05) is 11.9 Å². The van der Waals surface area contributed by atoms with E-state index in [1.807, 2.05) is 49.4 Å². The van der Waals surface area contributed by atoms with E-state index in [0.717, 1.165) is 28.3 Å². The van der Waals surface area contributed by atoms with E-state index in [-0.39, 0.29) is 12.1 Å². The molecule has 0 amide bonds. The van der Waals surface area contributed by atoms with Crippen LogP contribution in [0, 0.1) is 0 Å². The van der Waals surface area contributed by atoms with E-state index in [1.54, 1.807) is 0 Å². The SMILES string of the molecule is CCC(O)c1ccc(N(C)C(C)c2ccccc2Cl)cc1. The monoisotopic (exact) mass is 303 g/mol. The quantitative estimate of drug-likeness (QED) is 0.842. The molecule has 0 bridgehead atoms. The van der Waals surface area contributed by atoms with Gasteiger partial charge in [-0.15, -0.1) is 0 Å². The average molecular weight is 304 g/mol. The first kappa shape index (κ1) is 15.9. The topological polar surface area (TPSA) is 23.5 Å². The van der Waals surface area contributed by atoms with Gasteiger partial charge in [0, 0.05) is 17.8 Å². The van der Waals surface area contributed by atoms with Crippen LogP contribution in [-0.4, -0.2) is 12.2 Å². The third kappa shape index (κ3) is 3.58. The number of rotatable bonds is 5. The molecule has 0 fully saturated rings. The molecule has 2 aromatic rings. The Labute approximate surface area is 132 Å². The highest BCUT2D eigenvalue weighted by molar-refractivity contribution is 6.31. The van der Waals surface area contributed by atoms with E-state index in [1.165, 1.54) is 0 Å². The highest BCUT2D eigenvalue weighted by Crippen LogP contribution is 2.30. The second-order valence-corrected chi connectivity index (χ2v) is 5.73. The molecule has 0 aliphatic heterocycles. The Morgan fingerprint density at radius 1 is 1.10 bits per heavy atom. The van der Waals surface area contributed by atoms with Crippen molar-refractivity contribution in [2.24, 2.45) is 0 Å². The number of aliphatic hydroxyl groups is 1. The lowest BCUT2D eigenvalue weighted by molar-refractivity contribution is 0.173. The predicted molar refractivity (Wildman–Crippen MR) is 90.0 cm³/mol. The Kier molecular flexibility index (Phi) is 5.27. The Morgan fingerprint density at radius 3 is 2.29 bits per heavy atom. The van der Waals surface area contributed by atoms with Crippen molar-refractivity contribution in [1.29, 1.82) is 0 Å². The number of nitrogens with zero attached hydrogens (tertiary/aromatic N) is 1. The van der Waals surface area contributed by atoms with Crippen LogP contribution in [-0.2, 0) is 0 Å². The van der Waals surface area contributed by atoms with Crippen molar-refractivity contribution in [3.8, 4) is 0 Å². The zero-order valence-electron chi connectivity index (χ0n) is 12.8. The summed E-state index contributed by atoms with van der Waals surface area (Å²) >= 11 is 6.28. The number of aliphatic hydroxyl groups excluding tert-OH is 1. The molecular weight excluding hydrogens is 282 g/mol. The molecule has 3 heteroatoms. The molecule has 0 aliphatic rings. The molecule has 2 aromatic carbocycles. The highest BCUT2D eigenvalue weighted by Gasteiger charge is 2.15. The maximum Gasteiger partial charge on any atom is 0.0787 e. The van der Waals surface area contributed by atoms with Gasteiger partial charge >= 0.3 is 0 Å². The largest absolute Gasteiger partial charge is 0.388 e. The molecule has 2 rings (SSSR count). The number of halogens is 1. The van der Waals surface area contributed by atoms with Gasteiger partial charge in [0.2, 0.25) is 0 Å². The van der Waals surface area contributed by atoms with E-state index in [2.05, 4.69) is 24.9 Å². The van der Waals surface area contributed by atoms with Gasteiger partial charge < -0.3 is 10.0 Å². The molecule has 2 atom stereocenters. The van der Waals surface area contributed by atoms with Gasteiger partial charge in [-0.1, -0.05) is 48.9 Å². The first-order valence-corrected chi connectivity index (χ1v) is 7.67. The third-order valence-electron chi connectivity index (χ3n) is 4.01. The summed E-state index contributed by atoms with van der Waals surface area (Å²) in [4.78, 5) is 2.18. The maximum atomic E-state index is 9.85. The van der Waals surface area contributed by atoms with Crippen LogP contribution in [0.25, 0.3) is 0 Å². The first-order valence-electron chi connectivity index (χ1n) is 7.29. The van der Waals surface area contributed by atoms with Crippen LogP contribution in [0.1, 0.15) is 43.5 Å². The van der Waals surface area contributed by atoms with Crippen LogP contribution in [0.3, 0.4) is 0 Å². The lowest BCUT2D eigenvalue weighted by atomic mass is 10.0. The van der Waals surface area contributed by atoms with Crippen molar-refractivity contribution in [2.45, 2.75) is 32.4 Å². The molecular formula is C18H22ClNO. The fourth-order valence-electron chi connectivity index (χ4n) is 2.41. The normalized spacial score (nSPS) is 13.8. The van der Waals surface area contributed by atoms with Crippen LogP contribution in [0.15, 0.2) is 48.5 Å². The van der Waals surface area contributed by atoms with E-state index in [9.17, 15) is 5.11 Å². The van der Waals surface area contributed by atoms with Gasteiger partial charge in [0.1, 0.15) is 0 Å². The van der Waals surface area contributed by atoms with E-state index in [0.29, 0.717) is 0 Å². The smallest absolute Gasteiger partial charge is 0.0787 e. The number of hydrogen-bond acceptors (Lipinski definition) is 2. The summed E-state index contributed by atoms with van der Waals surface area (Å²) in [6.45, 7) is 4.11. The molecule has 21 heavy (non-hydrogen) atoms. The average Bonchev–Trinajstić information content (AvgIpc) is 2.53. The van der Waals surface area contributed by atoms with E-state index >= 15 is 0 Å². The fraction of sp³-hybridized carbons (Fsp3) is 0.333. The maximum absolute atomic E-state index is 9.85. The minimum atomic E-state index is -0.384.